The summed E-state index contributed by atoms with van der Waals surface area (Å²) >= 11 is 0. The van der Waals surface area contributed by atoms with Crippen molar-refractivity contribution in [3.05, 3.63) is 66.5 Å². The number of aromatic nitrogens is 4. The van der Waals surface area contributed by atoms with Gasteiger partial charge < -0.3 is 9.72 Å². The van der Waals surface area contributed by atoms with Crippen LogP contribution in [0.25, 0.3) is 22.2 Å². The summed E-state index contributed by atoms with van der Waals surface area (Å²) in [7, 11) is 0. The van der Waals surface area contributed by atoms with Gasteiger partial charge in [0.05, 0.1) is 29.2 Å². The van der Waals surface area contributed by atoms with E-state index in [-0.39, 0.29) is 13.0 Å². The molecule has 6 rings (SSSR count). The lowest BCUT2D eigenvalue weighted by molar-refractivity contribution is 0.0983. The minimum atomic E-state index is -2.74. The highest BCUT2D eigenvalue weighted by Crippen LogP contribution is 2.52. The summed E-state index contributed by atoms with van der Waals surface area (Å²) in [5.41, 5.74) is 3.40. The van der Waals surface area contributed by atoms with E-state index in [0.717, 1.165) is 11.0 Å². The Morgan fingerprint density at radius 3 is 2.78 bits per heavy atom. The number of amides is 1. The van der Waals surface area contributed by atoms with Gasteiger partial charge in [0, 0.05) is 23.7 Å². The quantitative estimate of drug-likeness (QED) is 0.494. The smallest absolute Gasteiger partial charge is 0.415 e. The largest absolute Gasteiger partial charge is 0.447 e. The number of hydrogen-bond donors (Lipinski definition) is 1. The Bertz CT molecular complexity index is 1360. The van der Waals surface area contributed by atoms with Crippen molar-refractivity contribution in [3.8, 4) is 11.1 Å². The number of carbonyl (C=O) groups is 1. The molecule has 1 N–H and O–H groups in total. The maximum Gasteiger partial charge on any atom is 0.415 e. The number of anilines is 1. The third-order valence-electron chi connectivity index (χ3n) is 5.96. The van der Waals surface area contributed by atoms with Gasteiger partial charge in [0.15, 0.2) is 0 Å². The van der Waals surface area contributed by atoms with E-state index in [1.165, 1.54) is 28.0 Å². The molecule has 1 saturated carbocycles. The van der Waals surface area contributed by atoms with Crippen LogP contribution in [-0.4, -0.2) is 38.4 Å². The number of ether oxygens (including phenoxy) is 1. The van der Waals surface area contributed by atoms with Crippen LogP contribution < -0.4 is 4.90 Å². The molecule has 2 unspecified atom stereocenters. The Hall–Kier alpha value is -3.82. The molecule has 162 valence electrons. The number of halogens is 3. The average molecular weight is 439 g/mol. The summed E-state index contributed by atoms with van der Waals surface area (Å²) in [6.45, 7) is 0.00477. The van der Waals surface area contributed by atoms with Crippen LogP contribution in [0.4, 0.5) is 23.7 Å². The number of imidazole rings is 1. The summed E-state index contributed by atoms with van der Waals surface area (Å²) < 4.78 is 48.2. The van der Waals surface area contributed by atoms with Crippen LogP contribution in [0.3, 0.4) is 0 Å². The van der Waals surface area contributed by atoms with E-state index in [9.17, 15) is 13.6 Å². The van der Waals surface area contributed by atoms with Gasteiger partial charge in [-0.2, -0.15) is 5.10 Å². The number of rotatable bonds is 4. The molecule has 7 nitrogen and oxygen atoms in total. The summed E-state index contributed by atoms with van der Waals surface area (Å²) in [5, 5.41) is 4.00. The van der Waals surface area contributed by atoms with Crippen molar-refractivity contribution < 1.29 is 22.7 Å². The second kappa shape index (κ2) is 6.59. The summed E-state index contributed by atoms with van der Waals surface area (Å²) in [5.74, 6) is -3.27. The highest BCUT2D eigenvalue weighted by molar-refractivity contribution is 5.93. The molecule has 1 saturated heterocycles. The summed E-state index contributed by atoms with van der Waals surface area (Å²) in [4.78, 5) is 21.0. The monoisotopic (exact) mass is 439 g/mol. The first-order valence-corrected chi connectivity index (χ1v) is 10.0. The van der Waals surface area contributed by atoms with Gasteiger partial charge in [-0.3, -0.25) is 9.58 Å². The van der Waals surface area contributed by atoms with Crippen molar-refractivity contribution in [2.75, 3.05) is 11.5 Å². The Kier molecular flexibility index (Phi) is 3.89. The predicted octanol–water partition coefficient (Wildman–Crippen LogP) is 4.84. The number of alkyl halides is 2. The van der Waals surface area contributed by atoms with Crippen LogP contribution in [0.5, 0.6) is 0 Å². The molecule has 2 aromatic heterocycles. The van der Waals surface area contributed by atoms with E-state index in [1.807, 2.05) is 0 Å². The minimum absolute atomic E-state index is 0.00477. The zero-order valence-corrected chi connectivity index (χ0v) is 16.5. The minimum Gasteiger partial charge on any atom is -0.447 e. The number of hydrogen-bond acceptors (Lipinski definition) is 4. The molecule has 32 heavy (non-hydrogen) atoms. The van der Waals surface area contributed by atoms with Crippen LogP contribution in [0.15, 0.2) is 55.1 Å². The number of nitrogens with zero attached hydrogens (tertiary/aromatic N) is 4. The van der Waals surface area contributed by atoms with Gasteiger partial charge in [-0.25, -0.2) is 22.9 Å². The van der Waals surface area contributed by atoms with E-state index >= 15 is 4.39 Å². The van der Waals surface area contributed by atoms with Gasteiger partial charge in [-0.15, -0.1) is 0 Å². The van der Waals surface area contributed by atoms with Crippen LogP contribution in [0.1, 0.15) is 24.1 Å². The number of fused-ring (bicyclic) bond motifs is 1. The Balaban J connectivity index is 1.31. The van der Waals surface area contributed by atoms with Gasteiger partial charge in [0.1, 0.15) is 24.5 Å². The van der Waals surface area contributed by atoms with Crippen molar-refractivity contribution >= 4 is 22.8 Å². The fourth-order valence-corrected chi connectivity index (χ4v) is 4.13. The van der Waals surface area contributed by atoms with Crippen LogP contribution in [-0.2, 0) is 4.74 Å². The van der Waals surface area contributed by atoms with Gasteiger partial charge >= 0.3 is 6.09 Å². The highest BCUT2D eigenvalue weighted by atomic mass is 19.3. The zero-order chi connectivity index (χ0) is 22.0. The Labute approximate surface area is 179 Å². The van der Waals surface area contributed by atoms with Crippen LogP contribution >= 0.6 is 0 Å². The van der Waals surface area contributed by atoms with E-state index in [2.05, 4.69) is 15.1 Å². The first kappa shape index (κ1) is 18.9. The molecule has 1 amide bonds. The van der Waals surface area contributed by atoms with Gasteiger partial charge in [0.2, 0.25) is 0 Å². The molecule has 0 radical (unpaired) electrons. The summed E-state index contributed by atoms with van der Waals surface area (Å²) in [6, 6.07) is 8.26. The maximum absolute atomic E-state index is 15.2. The van der Waals surface area contributed by atoms with Crippen molar-refractivity contribution in [3.63, 3.8) is 0 Å². The highest BCUT2D eigenvalue weighted by Gasteiger charge is 2.59. The zero-order valence-electron chi connectivity index (χ0n) is 16.5. The normalized spacial score (nSPS) is 21.8. The van der Waals surface area contributed by atoms with E-state index in [4.69, 9.17) is 4.74 Å². The van der Waals surface area contributed by atoms with Crippen molar-refractivity contribution in [1.82, 2.24) is 19.7 Å². The lowest BCUT2D eigenvalue weighted by Gasteiger charge is -2.22. The van der Waals surface area contributed by atoms with Gasteiger partial charge in [-0.05, 0) is 29.8 Å². The standard InChI is InChI=1S/C22H16F3N5O2/c23-16-5-12(13-8-28-29(9-13)20-7-22(20,24)25)1-3-15(16)19-10-32-21(31)30(19)14-2-4-17-18(6-14)27-11-26-17/h1-6,8-9,11,19-20H,7,10H2,(H,26,27). The molecule has 1 aliphatic carbocycles. The number of cyclic esters (lactones) is 1. The molecule has 2 aliphatic rings. The molecule has 0 spiro atoms. The Morgan fingerprint density at radius 1 is 1.16 bits per heavy atom. The maximum atomic E-state index is 15.2. The summed E-state index contributed by atoms with van der Waals surface area (Å²) in [6.07, 6.45) is 3.69. The topological polar surface area (TPSA) is 76.0 Å². The predicted molar refractivity (Wildman–Crippen MR) is 109 cm³/mol. The molecular weight excluding hydrogens is 423 g/mol. The fourth-order valence-electron chi connectivity index (χ4n) is 4.13. The third-order valence-corrected chi connectivity index (χ3v) is 5.96. The third kappa shape index (κ3) is 2.94. The molecular formula is C22H16F3N5O2. The van der Waals surface area contributed by atoms with Crippen molar-refractivity contribution in [2.24, 2.45) is 0 Å². The molecule has 2 aromatic carbocycles. The molecule has 2 fully saturated rings. The average Bonchev–Trinajstić information content (AvgIpc) is 3.25. The SMILES string of the molecule is O=C1OCC(c2ccc(-c3cnn(C4CC4(F)F)c3)cc2F)N1c1ccc2nc[nH]c2c1. The number of aromatic amines is 1. The van der Waals surface area contributed by atoms with Gasteiger partial charge in [-0.1, -0.05) is 12.1 Å². The number of H-pyrrole nitrogens is 1. The molecule has 0 bridgehead atoms. The number of carbonyl (C=O) groups excluding carboxylic acids is 1. The van der Waals surface area contributed by atoms with Crippen molar-refractivity contribution in [1.29, 1.82) is 0 Å². The van der Waals surface area contributed by atoms with E-state index < -0.39 is 29.9 Å². The van der Waals surface area contributed by atoms with Crippen LogP contribution in [0, 0.1) is 5.82 Å². The lowest BCUT2D eigenvalue weighted by Crippen LogP contribution is -2.27. The molecule has 3 heterocycles. The molecule has 1 aliphatic heterocycles. The Morgan fingerprint density at radius 2 is 2.00 bits per heavy atom. The van der Waals surface area contributed by atoms with Crippen LogP contribution in [0.2, 0.25) is 0 Å². The van der Waals surface area contributed by atoms with E-state index in [1.54, 1.807) is 36.7 Å². The number of benzene rings is 2. The first-order chi connectivity index (χ1) is 15.4. The molecule has 2 atom stereocenters. The number of nitrogens with one attached hydrogen (secondary N) is 1. The second-order valence-electron chi connectivity index (χ2n) is 7.99. The molecule has 4 aromatic rings. The van der Waals surface area contributed by atoms with E-state index in [0.29, 0.717) is 22.4 Å². The second-order valence-corrected chi connectivity index (χ2v) is 7.99. The lowest BCUT2D eigenvalue weighted by atomic mass is 10.0. The molecule has 10 heteroatoms. The first-order valence-electron chi connectivity index (χ1n) is 10.0. The van der Waals surface area contributed by atoms with Gasteiger partial charge in [0.25, 0.3) is 5.92 Å². The fraction of sp³-hybridized carbons (Fsp3) is 0.227. The van der Waals surface area contributed by atoms with Crippen molar-refractivity contribution in [2.45, 2.75) is 24.4 Å².